The molecular weight excluding hydrogens is 242 g/mol. The maximum atomic E-state index is 12.1. The lowest BCUT2D eigenvalue weighted by molar-refractivity contribution is -0.112. The zero-order chi connectivity index (χ0) is 13.9. The Morgan fingerprint density at radius 2 is 2.11 bits per heavy atom. The highest BCUT2D eigenvalue weighted by atomic mass is 16.5. The summed E-state index contributed by atoms with van der Waals surface area (Å²) in [5, 5.41) is 2.79. The van der Waals surface area contributed by atoms with Crippen molar-refractivity contribution in [3.05, 3.63) is 48.1 Å². The van der Waals surface area contributed by atoms with Gasteiger partial charge in [0.2, 0.25) is 0 Å². The molecule has 1 aromatic carbocycles. The van der Waals surface area contributed by atoms with E-state index in [4.69, 9.17) is 16.2 Å². The third-order valence-corrected chi connectivity index (χ3v) is 2.87. The number of nitrogens with one attached hydrogen (secondary N) is 1. The Morgan fingerprint density at radius 3 is 2.74 bits per heavy atom. The summed E-state index contributed by atoms with van der Waals surface area (Å²) in [6.45, 7) is 0. The molecule has 0 aliphatic heterocycles. The van der Waals surface area contributed by atoms with Gasteiger partial charge in [0.25, 0.3) is 5.91 Å². The summed E-state index contributed by atoms with van der Waals surface area (Å²) in [5.41, 5.74) is 11.8. The van der Waals surface area contributed by atoms with Crippen LogP contribution in [0.1, 0.15) is 6.42 Å². The van der Waals surface area contributed by atoms with Gasteiger partial charge >= 0.3 is 0 Å². The van der Waals surface area contributed by atoms with E-state index in [0.29, 0.717) is 23.4 Å². The number of ether oxygens (including phenoxy) is 1. The first-order valence-electron chi connectivity index (χ1n) is 5.93. The molecule has 5 N–H and O–H groups in total. The van der Waals surface area contributed by atoms with Crippen molar-refractivity contribution < 1.29 is 9.53 Å². The highest BCUT2D eigenvalue weighted by molar-refractivity contribution is 6.06. The van der Waals surface area contributed by atoms with Gasteiger partial charge in [-0.3, -0.25) is 4.79 Å². The number of carbonyl (C=O) groups excluding carboxylic acids is 1. The highest BCUT2D eigenvalue weighted by Crippen LogP contribution is 2.24. The summed E-state index contributed by atoms with van der Waals surface area (Å²) >= 11 is 0. The number of methoxy groups -OCH3 is 1. The van der Waals surface area contributed by atoms with Crippen LogP contribution in [-0.2, 0) is 4.79 Å². The molecule has 0 heterocycles. The molecule has 0 fully saturated rings. The van der Waals surface area contributed by atoms with Crippen LogP contribution in [0.2, 0.25) is 0 Å². The quantitative estimate of drug-likeness (QED) is 0.710. The summed E-state index contributed by atoms with van der Waals surface area (Å²) in [6, 6.07) is 7.23. The Labute approximate surface area is 111 Å². The molecule has 0 saturated heterocycles. The van der Waals surface area contributed by atoms with Crippen molar-refractivity contribution in [3.63, 3.8) is 0 Å². The molecule has 2 rings (SSSR count). The van der Waals surface area contributed by atoms with Crippen LogP contribution in [0.15, 0.2) is 48.1 Å². The fourth-order valence-electron chi connectivity index (χ4n) is 1.78. The number of hydrogen-bond donors (Lipinski definition) is 3. The van der Waals surface area contributed by atoms with E-state index >= 15 is 0 Å². The first-order chi connectivity index (χ1) is 9.02. The summed E-state index contributed by atoms with van der Waals surface area (Å²) < 4.78 is 5.17. The van der Waals surface area contributed by atoms with Gasteiger partial charge in [-0.1, -0.05) is 24.3 Å². The van der Waals surface area contributed by atoms with Crippen molar-refractivity contribution in [2.24, 2.45) is 11.5 Å². The average Bonchev–Trinajstić information content (AvgIpc) is 2.39. The molecule has 1 amide bonds. The molecule has 5 heteroatoms. The maximum Gasteiger partial charge on any atom is 0.255 e. The van der Waals surface area contributed by atoms with E-state index < -0.39 is 5.66 Å². The predicted octanol–water partition coefficient (Wildman–Crippen LogP) is 1.13. The Hall–Kier alpha value is -2.11. The fourth-order valence-corrected chi connectivity index (χ4v) is 1.78. The van der Waals surface area contributed by atoms with Crippen molar-refractivity contribution in [3.8, 4) is 5.75 Å². The van der Waals surface area contributed by atoms with Crippen LogP contribution in [0.3, 0.4) is 0 Å². The lowest BCUT2D eigenvalue weighted by Crippen LogP contribution is -2.47. The standard InChI is InChI=1S/C14H17N3O2/c1-19-12-5-3-2-4-11(12)17-13(18)10-6-8-14(15,16)9-7-10/h2-8H,9,15-16H2,1H3,(H,17,18). The second-order valence-corrected chi connectivity index (χ2v) is 4.46. The van der Waals surface area contributed by atoms with E-state index in [9.17, 15) is 4.79 Å². The maximum absolute atomic E-state index is 12.1. The lowest BCUT2D eigenvalue weighted by Gasteiger charge is -2.22. The van der Waals surface area contributed by atoms with Gasteiger partial charge in [0.15, 0.2) is 0 Å². The van der Waals surface area contributed by atoms with Gasteiger partial charge < -0.3 is 21.5 Å². The van der Waals surface area contributed by atoms with Gasteiger partial charge in [-0.2, -0.15) is 0 Å². The topological polar surface area (TPSA) is 90.4 Å². The number of anilines is 1. The number of nitrogens with two attached hydrogens (primary N) is 2. The third-order valence-electron chi connectivity index (χ3n) is 2.87. The Bertz CT molecular complexity index is 547. The zero-order valence-electron chi connectivity index (χ0n) is 10.7. The second kappa shape index (κ2) is 5.26. The van der Waals surface area contributed by atoms with Gasteiger partial charge in [0.1, 0.15) is 5.75 Å². The Balaban J connectivity index is 2.11. The molecule has 0 unspecified atom stereocenters. The Kier molecular flexibility index (Phi) is 3.69. The van der Waals surface area contributed by atoms with E-state index in [0.717, 1.165) is 0 Å². The number of carbonyl (C=O) groups is 1. The van der Waals surface area contributed by atoms with E-state index in [1.807, 2.05) is 12.1 Å². The molecule has 0 radical (unpaired) electrons. The average molecular weight is 259 g/mol. The smallest absolute Gasteiger partial charge is 0.255 e. The number of benzene rings is 1. The predicted molar refractivity (Wildman–Crippen MR) is 74.6 cm³/mol. The number of amides is 1. The number of para-hydroxylation sites is 2. The largest absolute Gasteiger partial charge is 0.495 e. The van der Waals surface area contributed by atoms with E-state index in [1.54, 1.807) is 37.5 Å². The van der Waals surface area contributed by atoms with Crippen molar-refractivity contribution >= 4 is 11.6 Å². The summed E-state index contributed by atoms with van der Waals surface area (Å²) in [7, 11) is 1.56. The fraction of sp³-hybridized carbons (Fsp3) is 0.214. The zero-order valence-corrected chi connectivity index (χ0v) is 10.7. The molecule has 5 nitrogen and oxygen atoms in total. The normalized spacial score (nSPS) is 16.7. The lowest BCUT2D eigenvalue weighted by atomic mass is 9.98. The molecule has 1 aliphatic carbocycles. The summed E-state index contributed by atoms with van der Waals surface area (Å²) in [5.74, 6) is 0.402. The van der Waals surface area contributed by atoms with Gasteiger partial charge in [-0.05, 0) is 18.2 Å². The molecule has 19 heavy (non-hydrogen) atoms. The molecule has 1 aliphatic rings. The molecule has 100 valence electrons. The van der Waals surface area contributed by atoms with Crippen LogP contribution in [-0.4, -0.2) is 18.7 Å². The minimum atomic E-state index is -0.867. The van der Waals surface area contributed by atoms with Crippen LogP contribution < -0.4 is 21.5 Å². The minimum absolute atomic E-state index is 0.212. The van der Waals surface area contributed by atoms with Gasteiger partial charge in [-0.25, -0.2) is 0 Å². The van der Waals surface area contributed by atoms with E-state index in [1.165, 1.54) is 0 Å². The van der Waals surface area contributed by atoms with Crippen LogP contribution in [0.5, 0.6) is 5.75 Å². The SMILES string of the molecule is COc1ccccc1NC(=O)C1=CCC(N)(N)C=C1. The molecule has 0 saturated carbocycles. The molecular formula is C14H17N3O2. The van der Waals surface area contributed by atoms with Gasteiger partial charge in [0.05, 0.1) is 18.5 Å². The minimum Gasteiger partial charge on any atom is -0.495 e. The van der Waals surface area contributed by atoms with Crippen molar-refractivity contribution in [1.82, 2.24) is 0 Å². The monoisotopic (exact) mass is 259 g/mol. The molecule has 0 bridgehead atoms. The van der Waals surface area contributed by atoms with Crippen LogP contribution in [0.25, 0.3) is 0 Å². The van der Waals surface area contributed by atoms with Crippen molar-refractivity contribution in [2.75, 3.05) is 12.4 Å². The van der Waals surface area contributed by atoms with Gasteiger partial charge in [0, 0.05) is 12.0 Å². The number of hydrogen-bond acceptors (Lipinski definition) is 4. The molecule has 0 atom stereocenters. The molecule has 0 spiro atoms. The second-order valence-electron chi connectivity index (χ2n) is 4.46. The Morgan fingerprint density at radius 1 is 1.37 bits per heavy atom. The first kappa shape index (κ1) is 13.3. The van der Waals surface area contributed by atoms with Crippen LogP contribution in [0, 0.1) is 0 Å². The third kappa shape index (κ3) is 3.21. The van der Waals surface area contributed by atoms with Gasteiger partial charge in [-0.15, -0.1) is 0 Å². The summed E-state index contributed by atoms with van der Waals surface area (Å²) in [6.07, 6.45) is 5.42. The summed E-state index contributed by atoms with van der Waals surface area (Å²) in [4.78, 5) is 12.1. The highest BCUT2D eigenvalue weighted by Gasteiger charge is 2.20. The first-order valence-corrected chi connectivity index (χ1v) is 5.93. The molecule has 1 aromatic rings. The van der Waals surface area contributed by atoms with Crippen molar-refractivity contribution in [1.29, 1.82) is 0 Å². The number of rotatable bonds is 3. The van der Waals surface area contributed by atoms with Crippen LogP contribution in [0.4, 0.5) is 5.69 Å². The van der Waals surface area contributed by atoms with E-state index in [2.05, 4.69) is 5.32 Å². The van der Waals surface area contributed by atoms with Crippen molar-refractivity contribution in [2.45, 2.75) is 12.1 Å². The molecule has 0 aromatic heterocycles. The van der Waals surface area contributed by atoms with Crippen LogP contribution >= 0.6 is 0 Å². The van der Waals surface area contributed by atoms with E-state index in [-0.39, 0.29) is 5.91 Å².